The van der Waals surface area contributed by atoms with Crippen LogP contribution in [0.4, 0.5) is 8.78 Å². The monoisotopic (exact) mass is 246 g/mol. The molecule has 2 aromatic carbocycles. The van der Waals surface area contributed by atoms with E-state index in [1.807, 2.05) is 6.07 Å². The van der Waals surface area contributed by atoms with E-state index in [9.17, 15) is 13.6 Å². The van der Waals surface area contributed by atoms with E-state index in [1.54, 1.807) is 18.2 Å². The van der Waals surface area contributed by atoms with E-state index < -0.39 is 11.6 Å². The largest absolute Gasteiger partial charge is 0.298 e. The van der Waals surface area contributed by atoms with Crippen LogP contribution in [0, 0.1) is 11.6 Å². The molecule has 3 heteroatoms. The number of carbonyl (C=O) groups excluding carboxylic acids is 1. The summed E-state index contributed by atoms with van der Waals surface area (Å²) in [5.41, 5.74) is 2.04. The average Bonchev–Trinajstić information content (AvgIpc) is 2.38. The zero-order chi connectivity index (χ0) is 13.0. The fraction of sp³-hybridized carbons (Fsp3) is 0.133. The highest BCUT2D eigenvalue weighted by Crippen LogP contribution is 2.13. The molecule has 0 amide bonds. The van der Waals surface area contributed by atoms with E-state index in [2.05, 4.69) is 0 Å². The Morgan fingerprint density at radius 1 is 1.00 bits per heavy atom. The molecule has 0 aliphatic heterocycles. The molecule has 2 aromatic rings. The molecule has 1 nitrogen and oxygen atoms in total. The lowest BCUT2D eigenvalue weighted by molar-refractivity contribution is 0.112. The molecule has 18 heavy (non-hydrogen) atoms. The summed E-state index contributed by atoms with van der Waals surface area (Å²) in [5.74, 6) is -1.10. The Balaban J connectivity index is 2.08. The molecule has 0 heterocycles. The van der Waals surface area contributed by atoms with Crippen LogP contribution in [-0.2, 0) is 12.8 Å². The minimum Gasteiger partial charge on any atom is -0.298 e. The molecule has 0 aliphatic carbocycles. The van der Waals surface area contributed by atoms with Crippen LogP contribution in [-0.4, -0.2) is 6.29 Å². The second-order valence-corrected chi connectivity index (χ2v) is 4.10. The minimum absolute atomic E-state index is 0.480. The highest BCUT2D eigenvalue weighted by molar-refractivity contribution is 5.74. The molecule has 0 saturated heterocycles. The first-order chi connectivity index (χ1) is 8.69. The maximum Gasteiger partial charge on any atom is 0.150 e. The minimum atomic E-state index is -0.570. The van der Waals surface area contributed by atoms with Gasteiger partial charge in [-0.3, -0.25) is 4.79 Å². The molecule has 0 N–H and O–H groups in total. The van der Waals surface area contributed by atoms with Crippen molar-refractivity contribution in [3.05, 3.63) is 70.8 Å². The van der Waals surface area contributed by atoms with Gasteiger partial charge in [0.2, 0.25) is 0 Å². The first kappa shape index (κ1) is 12.4. The van der Waals surface area contributed by atoms with Crippen molar-refractivity contribution in [3.8, 4) is 0 Å². The predicted octanol–water partition coefficient (Wildman–Crippen LogP) is 3.56. The molecule has 0 aromatic heterocycles. The normalized spacial score (nSPS) is 10.3. The van der Waals surface area contributed by atoms with Crippen molar-refractivity contribution < 1.29 is 13.6 Å². The van der Waals surface area contributed by atoms with Crippen LogP contribution in [0.25, 0.3) is 0 Å². The Bertz CT molecular complexity index is 564. The lowest BCUT2D eigenvalue weighted by Crippen LogP contribution is -1.96. The van der Waals surface area contributed by atoms with Crippen LogP contribution < -0.4 is 0 Å². The lowest BCUT2D eigenvalue weighted by Gasteiger charge is -2.04. The maximum absolute atomic E-state index is 13.4. The molecule has 0 saturated carbocycles. The molecule has 92 valence electrons. The van der Waals surface area contributed by atoms with Gasteiger partial charge in [-0.25, -0.2) is 8.78 Å². The summed E-state index contributed by atoms with van der Waals surface area (Å²) >= 11 is 0. The zero-order valence-corrected chi connectivity index (χ0v) is 9.70. The van der Waals surface area contributed by atoms with E-state index in [-0.39, 0.29) is 0 Å². The first-order valence-corrected chi connectivity index (χ1v) is 5.67. The predicted molar refractivity (Wildman–Crippen MR) is 65.6 cm³/mol. The van der Waals surface area contributed by atoms with Crippen LogP contribution in [0.2, 0.25) is 0 Å². The Morgan fingerprint density at radius 3 is 2.56 bits per heavy atom. The number of benzene rings is 2. The van der Waals surface area contributed by atoms with Gasteiger partial charge in [-0.1, -0.05) is 24.3 Å². The molecular weight excluding hydrogens is 234 g/mol. The molecule has 0 unspecified atom stereocenters. The first-order valence-electron chi connectivity index (χ1n) is 5.67. The third-order valence-electron chi connectivity index (χ3n) is 2.79. The Hall–Kier alpha value is -2.03. The van der Waals surface area contributed by atoms with Gasteiger partial charge in [0.05, 0.1) is 0 Å². The maximum atomic E-state index is 13.4. The van der Waals surface area contributed by atoms with Crippen LogP contribution >= 0.6 is 0 Å². The fourth-order valence-corrected chi connectivity index (χ4v) is 1.83. The van der Waals surface area contributed by atoms with Crippen LogP contribution in [0.5, 0.6) is 0 Å². The summed E-state index contributed by atoms with van der Waals surface area (Å²) < 4.78 is 26.1. The highest BCUT2D eigenvalue weighted by atomic mass is 19.1. The summed E-state index contributed by atoms with van der Waals surface area (Å²) in [6.45, 7) is 0. The van der Waals surface area contributed by atoms with Gasteiger partial charge < -0.3 is 0 Å². The van der Waals surface area contributed by atoms with E-state index in [4.69, 9.17) is 0 Å². The number of halogens is 2. The Labute approximate surface area is 104 Å². The molecule has 0 radical (unpaired) electrons. The van der Waals surface area contributed by atoms with Crippen molar-refractivity contribution in [3.63, 3.8) is 0 Å². The van der Waals surface area contributed by atoms with Gasteiger partial charge in [-0.15, -0.1) is 0 Å². The van der Waals surface area contributed by atoms with Crippen molar-refractivity contribution >= 4 is 6.29 Å². The zero-order valence-electron chi connectivity index (χ0n) is 9.70. The Kier molecular flexibility index (Phi) is 3.82. The standard InChI is InChI=1S/C15H12F2O/c16-14-7-6-13(15(17)9-14)5-4-11-2-1-3-12(8-11)10-18/h1-3,6-10H,4-5H2. The number of aldehydes is 1. The van der Waals surface area contributed by atoms with Gasteiger partial charge in [0, 0.05) is 11.6 Å². The number of carbonyl (C=O) groups is 1. The third-order valence-corrected chi connectivity index (χ3v) is 2.79. The fourth-order valence-electron chi connectivity index (χ4n) is 1.83. The molecule has 0 bridgehead atoms. The quantitative estimate of drug-likeness (QED) is 0.754. The van der Waals surface area contributed by atoms with Gasteiger partial charge in [-0.05, 0) is 36.1 Å². The van der Waals surface area contributed by atoms with E-state index in [1.165, 1.54) is 12.1 Å². The molecule has 0 aliphatic rings. The second-order valence-electron chi connectivity index (χ2n) is 4.10. The van der Waals surface area contributed by atoms with E-state index >= 15 is 0 Å². The smallest absolute Gasteiger partial charge is 0.150 e. The van der Waals surface area contributed by atoms with E-state index in [0.717, 1.165) is 17.9 Å². The van der Waals surface area contributed by atoms with Gasteiger partial charge >= 0.3 is 0 Å². The topological polar surface area (TPSA) is 17.1 Å². The summed E-state index contributed by atoms with van der Waals surface area (Å²) in [6, 6.07) is 10.8. The molecule has 0 spiro atoms. The third kappa shape index (κ3) is 3.00. The van der Waals surface area contributed by atoms with Crippen molar-refractivity contribution in [2.24, 2.45) is 0 Å². The van der Waals surface area contributed by atoms with Crippen LogP contribution in [0.3, 0.4) is 0 Å². The second kappa shape index (κ2) is 5.54. The summed E-state index contributed by atoms with van der Waals surface area (Å²) in [6.07, 6.45) is 1.88. The van der Waals surface area contributed by atoms with E-state index in [0.29, 0.717) is 24.0 Å². The van der Waals surface area contributed by atoms with Gasteiger partial charge in [-0.2, -0.15) is 0 Å². The number of hydrogen-bond acceptors (Lipinski definition) is 1. The molecule has 0 atom stereocenters. The van der Waals surface area contributed by atoms with Crippen LogP contribution in [0.1, 0.15) is 21.5 Å². The van der Waals surface area contributed by atoms with Crippen molar-refractivity contribution in [2.75, 3.05) is 0 Å². The summed E-state index contributed by atoms with van der Waals surface area (Å²) in [4.78, 5) is 10.6. The van der Waals surface area contributed by atoms with Crippen molar-refractivity contribution in [1.29, 1.82) is 0 Å². The Morgan fingerprint density at radius 2 is 1.83 bits per heavy atom. The van der Waals surface area contributed by atoms with Gasteiger partial charge in [0.15, 0.2) is 0 Å². The highest BCUT2D eigenvalue weighted by Gasteiger charge is 2.04. The van der Waals surface area contributed by atoms with Crippen molar-refractivity contribution in [1.82, 2.24) is 0 Å². The number of aryl methyl sites for hydroxylation is 2. The summed E-state index contributed by atoms with van der Waals surface area (Å²) in [5, 5.41) is 0. The van der Waals surface area contributed by atoms with Gasteiger partial charge in [0.25, 0.3) is 0 Å². The molecule has 0 fully saturated rings. The summed E-state index contributed by atoms with van der Waals surface area (Å²) in [7, 11) is 0. The number of hydrogen-bond donors (Lipinski definition) is 0. The van der Waals surface area contributed by atoms with Gasteiger partial charge in [0.1, 0.15) is 17.9 Å². The van der Waals surface area contributed by atoms with Crippen molar-refractivity contribution in [2.45, 2.75) is 12.8 Å². The average molecular weight is 246 g/mol. The molecule has 2 rings (SSSR count). The lowest BCUT2D eigenvalue weighted by atomic mass is 10.0. The SMILES string of the molecule is O=Cc1cccc(CCc2ccc(F)cc2F)c1. The number of rotatable bonds is 4. The molecular formula is C15H12F2O. The van der Waals surface area contributed by atoms with Crippen LogP contribution in [0.15, 0.2) is 42.5 Å².